The van der Waals surface area contributed by atoms with E-state index in [1.807, 2.05) is 0 Å². The average molecular weight is 223 g/mol. The third-order valence-electron chi connectivity index (χ3n) is 4.24. The molecule has 2 fully saturated rings. The number of hydrogen-bond donors (Lipinski definition) is 1. The molecule has 3 rings (SSSR count). The first-order valence-corrected chi connectivity index (χ1v) is 7.50. The van der Waals surface area contributed by atoms with Crippen molar-refractivity contribution in [2.75, 3.05) is 12.3 Å². The van der Waals surface area contributed by atoms with E-state index in [-0.39, 0.29) is 0 Å². The summed E-state index contributed by atoms with van der Waals surface area (Å²) in [6.45, 7) is 1.26. The van der Waals surface area contributed by atoms with Gasteiger partial charge in [-0.1, -0.05) is 18.6 Å². The second-order valence-corrected chi connectivity index (χ2v) is 6.65. The van der Waals surface area contributed by atoms with Gasteiger partial charge in [-0.15, -0.1) is 0 Å². The Hall–Kier alpha value is 0.0500. The molecule has 15 heavy (non-hydrogen) atoms. The number of nitrogens with one attached hydrogen (secondary N) is 1. The second kappa shape index (κ2) is 4.50. The summed E-state index contributed by atoms with van der Waals surface area (Å²) < 4.78 is 0. The Bertz CT molecular complexity index is 245. The summed E-state index contributed by atoms with van der Waals surface area (Å²) in [7, 11) is 0. The fraction of sp³-hybridized carbons (Fsp3) is 0.846. The fourth-order valence-electron chi connectivity index (χ4n) is 3.20. The zero-order valence-electron chi connectivity index (χ0n) is 9.32. The van der Waals surface area contributed by atoms with Crippen molar-refractivity contribution in [2.45, 2.75) is 43.4 Å². The van der Waals surface area contributed by atoms with E-state index in [0.29, 0.717) is 0 Å². The Morgan fingerprint density at radius 3 is 3.13 bits per heavy atom. The molecule has 2 aliphatic carbocycles. The number of allylic oxidation sites excluding steroid dienone is 1. The van der Waals surface area contributed by atoms with Gasteiger partial charge in [-0.3, -0.25) is 0 Å². The largest absolute Gasteiger partial charge is 0.312 e. The second-order valence-electron chi connectivity index (χ2n) is 5.24. The van der Waals surface area contributed by atoms with E-state index >= 15 is 0 Å². The molecule has 1 nitrogen and oxygen atoms in total. The first-order valence-electron chi connectivity index (χ1n) is 6.45. The summed E-state index contributed by atoms with van der Waals surface area (Å²) >= 11 is 2.18. The molecule has 0 aromatic rings. The van der Waals surface area contributed by atoms with Crippen LogP contribution in [-0.4, -0.2) is 23.6 Å². The topological polar surface area (TPSA) is 12.0 Å². The average Bonchev–Trinajstić information content (AvgIpc) is 2.62. The molecule has 1 saturated heterocycles. The minimum atomic E-state index is 0.816. The maximum absolute atomic E-state index is 3.79. The normalized spacial score (nSPS) is 43.7. The highest BCUT2D eigenvalue weighted by atomic mass is 32.2. The molecule has 2 heteroatoms. The lowest BCUT2D eigenvalue weighted by Gasteiger charge is -2.41. The zero-order valence-corrected chi connectivity index (χ0v) is 10.1. The van der Waals surface area contributed by atoms with Crippen LogP contribution in [0.4, 0.5) is 0 Å². The van der Waals surface area contributed by atoms with Gasteiger partial charge in [-0.25, -0.2) is 0 Å². The molecule has 0 aromatic carbocycles. The van der Waals surface area contributed by atoms with Gasteiger partial charge in [0.25, 0.3) is 0 Å². The highest BCUT2D eigenvalue weighted by Crippen LogP contribution is 2.42. The molecule has 1 aliphatic heterocycles. The third kappa shape index (κ3) is 2.12. The SMILES string of the molecule is C1=CC2C(C1)CC2NCC1CCCCS1. The highest BCUT2D eigenvalue weighted by molar-refractivity contribution is 7.99. The highest BCUT2D eigenvalue weighted by Gasteiger charge is 2.40. The van der Waals surface area contributed by atoms with Crippen LogP contribution in [0.3, 0.4) is 0 Å². The molecule has 3 aliphatic rings. The molecule has 0 amide bonds. The van der Waals surface area contributed by atoms with Crippen molar-refractivity contribution in [3.63, 3.8) is 0 Å². The van der Waals surface area contributed by atoms with Crippen LogP contribution in [0, 0.1) is 11.8 Å². The van der Waals surface area contributed by atoms with Crippen molar-refractivity contribution in [3.8, 4) is 0 Å². The van der Waals surface area contributed by atoms with E-state index in [1.54, 1.807) is 0 Å². The van der Waals surface area contributed by atoms with E-state index in [1.165, 1.54) is 44.4 Å². The minimum Gasteiger partial charge on any atom is -0.312 e. The van der Waals surface area contributed by atoms with Gasteiger partial charge in [0.05, 0.1) is 0 Å². The van der Waals surface area contributed by atoms with Crippen LogP contribution in [0.1, 0.15) is 32.1 Å². The number of thioether (sulfide) groups is 1. The Morgan fingerprint density at radius 1 is 1.33 bits per heavy atom. The van der Waals surface area contributed by atoms with Crippen LogP contribution in [0.5, 0.6) is 0 Å². The lowest BCUT2D eigenvalue weighted by atomic mass is 9.71. The molecular weight excluding hydrogens is 202 g/mol. The van der Waals surface area contributed by atoms with Crippen molar-refractivity contribution >= 4 is 11.8 Å². The first kappa shape index (κ1) is 10.2. The summed E-state index contributed by atoms with van der Waals surface area (Å²) in [6, 6.07) is 0.816. The van der Waals surface area contributed by atoms with E-state index in [9.17, 15) is 0 Å². The van der Waals surface area contributed by atoms with Crippen LogP contribution in [0.15, 0.2) is 12.2 Å². The molecule has 4 unspecified atom stereocenters. The molecule has 0 aromatic heterocycles. The lowest BCUT2D eigenvalue weighted by Crippen LogP contribution is -2.49. The summed E-state index contributed by atoms with van der Waals surface area (Å²) in [5.41, 5.74) is 0. The summed E-state index contributed by atoms with van der Waals surface area (Å²) in [5.74, 6) is 3.28. The monoisotopic (exact) mass is 223 g/mol. The van der Waals surface area contributed by atoms with Gasteiger partial charge in [-0.2, -0.15) is 11.8 Å². The van der Waals surface area contributed by atoms with Gasteiger partial charge in [0.15, 0.2) is 0 Å². The third-order valence-corrected chi connectivity index (χ3v) is 5.64. The van der Waals surface area contributed by atoms with Gasteiger partial charge in [-0.05, 0) is 43.3 Å². The van der Waals surface area contributed by atoms with Crippen molar-refractivity contribution in [1.29, 1.82) is 0 Å². The smallest absolute Gasteiger partial charge is 0.0172 e. The van der Waals surface area contributed by atoms with Gasteiger partial charge >= 0.3 is 0 Å². The van der Waals surface area contributed by atoms with Gasteiger partial charge < -0.3 is 5.32 Å². The molecule has 84 valence electrons. The maximum Gasteiger partial charge on any atom is 0.0172 e. The standard InChI is InChI=1S/C13H21NS/c1-2-7-15-11(5-1)9-14-13-8-10-4-3-6-12(10)13/h3,6,10-14H,1-2,4-5,7-9H2. The van der Waals surface area contributed by atoms with Gasteiger partial charge in [0.2, 0.25) is 0 Å². The Kier molecular flexibility index (Phi) is 3.07. The van der Waals surface area contributed by atoms with Crippen molar-refractivity contribution in [3.05, 3.63) is 12.2 Å². The van der Waals surface area contributed by atoms with Crippen molar-refractivity contribution < 1.29 is 0 Å². The molecule has 1 heterocycles. The molecule has 0 spiro atoms. The molecular formula is C13H21NS. The van der Waals surface area contributed by atoms with Crippen LogP contribution in [0.25, 0.3) is 0 Å². The zero-order chi connectivity index (χ0) is 10.1. The summed E-state index contributed by atoms with van der Waals surface area (Å²) in [5, 5.41) is 4.69. The predicted molar refractivity (Wildman–Crippen MR) is 67.2 cm³/mol. The Balaban J connectivity index is 1.41. The van der Waals surface area contributed by atoms with E-state index in [2.05, 4.69) is 29.2 Å². The van der Waals surface area contributed by atoms with Gasteiger partial charge in [0, 0.05) is 17.8 Å². The summed E-state index contributed by atoms with van der Waals surface area (Å²) in [4.78, 5) is 0. The molecule has 1 saturated carbocycles. The minimum absolute atomic E-state index is 0.816. The maximum atomic E-state index is 3.79. The van der Waals surface area contributed by atoms with Crippen molar-refractivity contribution in [2.24, 2.45) is 11.8 Å². The molecule has 0 radical (unpaired) electrons. The fourth-order valence-corrected chi connectivity index (χ4v) is 4.45. The molecule has 1 N–H and O–H groups in total. The van der Waals surface area contributed by atoms with E-state index < -0.39 is 0 Å². The molecule has 0 bridgehead atoms. The first-order chi connectivity index (χ1) is 7.43. The quantitative estimate of drug-likeness (QED) is 0.738. The van der Waals surface area contributed by atoms with Crippen LogP contribution < -0.4 is 5.32 Å². The number of rotatable bonds is 3. The molecule has 4 atom stereocenters. The lowest BCUT2D eigenvalue weighted by molar-refractivity contribution is 0.164. The van der Waals surface area contributed by atoms with Crippen molar-refractivity contribution in [1.82, 2.24) is 5.32 Å². The van der Waals surface area contributed by atoms with Crippen LogP contribution in [-0.2, 0) is 0 Å². The van der Waals surface area contributed by atoms with E-state index in [4.69, 9.17) is 0 Å². The van der Waals surface area contributed by atoms with Crippen LogP contribution >= 0.6 is 11.8 Å². The van der Waals surface area contributed by atoms with Gasteiger partial charge in [0.1, 0.15) is 0 Å². The van der Waals surface area contributed by atoms with Crippen LogP contribution in [0.2, 0.25) is 0 Å². The Labute approximate surface area is 97.1 Å². The number of fused-ring (bicyclic) bond motifs is 1. The number of hydrogen-bond acceptors (Lipinski definition) is 2. The Morgan fingerprint density at radius 2 is 2.33 bits per heavy atom. The summed E-state index contributed by atoms with van der Waals surface area (Å²) in [6.07, 6.45) is 11.9. The predicted octanol–water partition coefficient (Wildman–Crippen LogP) is 2.83. The van der Waals surface area contributed by atoms with E-state index in [0.717, 1.165) is 23.1 Å².